The smallest absolute Gasteiger partial charge is 0.268 e. The van der Waals surface area contributed by atoms with Gasteiger partial charge in [-0.1, -0.05) is 18.2 Å². The highest BCUT2D eigenvalue weighted by Gasteiger charge is 2.19. The van der Waals surface area contributed by atoms with Crippen molar-refractivity contribution >= 4 is 50.4 Å². The van der Waals surface area contributed by atoms with Crippen molar-refractivity contribution in [3.05, 3.63) is 85.7 Å². The number of carbonyl (C=O) groups is 1. The van der Waals surface area contributed by atoms with Gasteiger partial charge in [-0.25, -0.2) is 9.37 Å². The number of aromatic amines is 1. The summed E-state index contributed by atoms with van der Waals surface area (Å²) in [6.45, 7) is 0.159. The molecule has 0 aliphatic heterocycles. The van der Waals surface area contributed by atoms with Crippen LogP contribution in [0.5, 0.6) is 0 Å². The minimum Gasteiger partial charge on any atom is -0.334 e. The molecule has 3 heterocycles. The normalized spacial score (nSPS) is 11.7. The van der Waals surface area contributed by atoms with Gasteiger partial charge in [-0.2, -0.15) is 0 Å². The second-order valence-corrected chi connectivity index (χ2v) is 8.26. The largest absolute Gasteiger partial charge is 0.334 e. The summed E-state index contributed by atoms with van der Waals surface area (Å²) in [7, 11) is 1.66. The van der Waals surface area contributed by atoms with Gasteiger partial charge in [0.05, 0.1) is 17.6 Å². The number of H-pyrrole nitrogens is 1. The van der Waals surface area contributed by atoms with Crippen LogP contribution in [-0.4, -0.2) is 27.8 Å². The van der Waals surface area contributed by atoms with Crippen molar-refractivity contribution in [2.24, 2.45) is 0 Å². The Hall–Kier alpha value is -3.10. The molecule has 0 saturated heterocycles. The van der Waals surface area contributed by atoms with Crippen LogP contribution in [0.25, 0.3) is 21.9 Å². The van der Waals surface area contributed by atoms with E-state index in [2.05, 4.69) is 9.97 Å². The lowest BCUT2D eigenvalue weighted by Gasteiger charge is -2.18. The zero-order valence-electron chi connectivity index (χ0n) is 15.4. The zero-order valence-corrected chi connectivity index (χ0v) is 17.0. The van der Waals surface area contributed by atoms with Crippen molar-refractivity contribution in [2.75, 3.05) is 7.05 Å². The number of hydrogen-bond acceptors (Lipinski definition) is 5. The lowest BCUT2D eigenvalue weighted by molar-refractivity contribution is -0.124. The van der Waals surface area contributed by atoms with Gasteiger partial charge in [0.1, 0.15) is 16.3 Å². The number of likely N-dealkylation sites (N-methyl/N-ethyl adjacent to an activating group) is 1. The van der Waals surface area contributed by atoms with E-state index in [-0.39, 0.29) is 23.8 Å². The summed E-state index contributed by atoms with van der Waals surface area (Å²) < 4.78 is 13.8. The van der Waals surface area contributed by atoms with Crippen LogP contribution in [0, 0.1) is 5.82 Å². The molecule has 5 nitrogen and oxygen atoms in total. The summed E-state index contributed by atoms with van der Waals surface area (Å²) in [5.41, 5.74) is 1.63. The fraction of sp³-hybridized carbons (Fsp3) is 0.0952. The Balaban J connectivity index is 1.64. The number of fused-ring (bicyclic) bond motifs is 1. The van der Waals surface area contributed by atoms with Crippen LogP contribution < -0.4 is 5.56 Å². The molecule has 0 spiro atoms. The summed E-state index contributed by atoms with van der Waals surface area (Å²) in [6, 6.07) is 11.5. The molecule has 3 aromatic heterocycles. The molecule has 1 N–H and O–H groups in total. The predicted molar refractivity (Wildman–Crippen MR) is 115 cm³/mol. The van der Waals surface area contributed by atoms with Gasteiger partial charge in [-0.3, -0.25) is 9.59 Å². The van der Waals surface area contributed by atoms with Gasteiger partial charge < -0.3 is 9.88 Å². The van der Waals surface area contributed by atoms with Crippen LogP contribution in [0.2, 0.25) is 0 Å². The van der Waals surface area contributed by atoms with E-state index >= 15 is 0 Å². The average molecular weight is 426 g/mol. The van der Waals surface area contributed by atoms with Crippen molar-refractivity contribution in [2.45, 2.75) is 6.54 Å². The second kappa shape index (κ2) is 8.10. The van der Waals surface area contributed by atoms with Gasteiger partial charge in [-0.15, -0.1) is 22.7 Å². The molecule has 1 aromatic carbocycles. The van der Waals surface area contributed by atoms with E-state index in [0.29, 0.717) is 21.6 Å². The summed E-state index contributed by atoms with van der Waals surface area (Å²) >= 11 is 2.78. The highest BCUT2D eigenvalue weighted by Crippen LogP contribution is 2.25. The van der Waals surface area contributed by atoms with Crippen molar-refractivity contribution in [1.82, 2.24) is 14.9 Å². The number of nitrogens with zero attached hydrogens (tertiary/aromatic N) is 2. The maximum atomic E-state index is 13.2. The summed E-state index contributed by atoms with van der Waals surface area (Å²) in [5.74, 6) is -0.129. The van der Waals surface area contributed by atoms with Crippen molar-refractivity contribution in [1.29, 1.82) is 0 Å². The number of halogens is 1. The number of amides is 1. The number of benzene rings is 1. The van der Waals surface area contributed by atoms with Gasteiger partial charge >= 0.3 is 0 Å². The van der Waals surface area contributed by atoms with Gasteiger partial charge in [0.2, 0.25) is 0 Å². The number of carbonyl (C=O) groups excluding carboxylic acids is 1. The number of nitrogens with one attached hydrogen (secondary N) is 1. The molecule has 0 aliphatic carbocycles. The summed E-state index contributed by atoms with van der Waals surface area (Å²) in [6.07, 6.45) is 1.74. The average Bonchev–Trinajstić information content (AvgIpc) is 3.39. The molecule has 0 radical (unpaired) electrons. The first-order valence-corrected chi connectivity index (χ1v) is 10.5. The third-order valence-electron chi connectivity index (χ3n) is 4.30. The number of thiophene rings is 2. The summed E-state index contributed by atoms with van der Waals surface area (Å²) in [4.78, 5) is 34.9. The number of hydrogen-bond donors (Lipinski definition) is 1. The van der Waals surface area contributed by atoms with Crippen molar-refractivity contribution < 1.29 is 9.18 Å². The van der Waals surface area contributed by atoms with Gasteiger partial charge in [-0.05, 0) is 46.7 Å². The Morgan fingerprint density at radius 1 is 1.17 bits per heavy atom. The molecule has 0 fully saturated rings. The van der Waals surface area contributed by atoms with Gasteiger partial charge in [0, 0.05) is 11.9 Å². The first-order valence-electron chi connectivity index (χ1n) is 8.74. The molecule has 4 aromatic rings. The van der Waals surface area contributed by atoms with E-state index < -0.39 is 0 Å². The Morgan fingerprint density at radius 3 is 2.69 bits per heavy atom. The zero-order chi connectivity index (χ0) is 20.4. The highest BCUT2D eigenvalue weighted by atomic mass is 32.1. The van der Waals surface area contributed by atoms with E-state index in [1.54, 1.807) is 31.3 Å². The Kier molecular flexibility index (Phi) is 5.37. The Labute approximate surface area is 173 Å². The van der Waals surface area contributed by atoms with Crippen LogP contribution in [0.4, 0.5) is 4.39 Å². The molecule has 4 rings (SSSR count). The summed E-state index contributed by atoms with van der Waals surface area (Å²) in [5, 5.41) is 3.70. The fourth-order valence-electron chi connectivity index (χ4n) is 2.89. The molecular formula is C21H16FN3O2S2. The van der Waals surface area contributed by atoms with E-state index in [9.17, 15) is 14.0 Å². The highest BCUT2D eigenvalue weighted by molar-refractivity contribution is 7.17. The van der Waals surface area contributed by atoms with Crippen molar-refractivity contribution in [3.63, 3.8) is 0 Å². The van der Waals surface area contributed by atoms with E-state index in [1.165, 1.54) is 39.7 Å². The monoisotopic (exact) mass is 425 g/mol. The molecule has 8 heteroatoms. The molecule has 0 unspecified atom stereocenters. The van der Waals surface area contributed by atoms with E-state index in [1.807, 2.05) is 22.9 Å². The Bertz CT molecular complexity index is 1240. The number of aromatic nitrogens is 2. The van der Waals surface area contributed by atoms with Crippen LogP contribution >= 0.6 is 22.7 Å². The Morgan fingerprint density at radius 2 is 1.97 bits per heavy atom. The first-order chi connectivity index (χ1) is 14.0. The van der Waals surface area contributed by atoms with Crippen LogP contribution in [0.1, 0.15) is 16.3 Å². The fourth-order valence-corrected chi connectivity index (χ4v) is 4.35. The van der Waals surface area contributed by atoms with Crippen molar-refractivity contribution in [3.8, 4) is 0 Å². The molecule has 29 heavy (non-hydrogen) atoms. The van der Waals surface area contributed by atoms with Gasteiger partial charge in [0.25, 0.3) is 11.5 Å². The maximum Gasteiger partial charge on any atom is 0.268 e. The lowest BCUT2D eigenvalue weighted by Crippen LogP contribution is -2.28. The van der Waals surface area contributed by atoms with Crippen LogP contribution in [0.3, 0.4) is 0 Å². The van der Waals surface area contributed by atoms with E-state index in [4.69, 9.17) is 0 Å². The standard InChI is InChI=1S/C21H16FN3O2S2/c1-25(12-18-23-16-8-10-29-19(16)20(26)24-18)21(27)15(17-3-2-9-28-17)11-13-4-6-14(22)7-5-13/h2-11H,12H2,1H3,(H,23,24,26)/b15-11+. The van der Waals surface area contributed by atoms with Crippen LogP contribution in [-0.2, 0) is 11.3 Å². The lowest BCUT2D eigenvalue weighted by atomic mass is 10.1. The van der Waals surface area contributed by atoms with Gasteiger partial charge in [0.15, 0.2) is 0 Å². The third kappa shape index (κ3) is 4.18. The number of rotatable bonds is 5. The first kappa shape index (κ1) is 19.2. The molecular weight excluding hydrogens is 409 g/mol. The minimum absolute atomic E-state index is 0.159. The molecule has 146 valence electrons. The van der Waals surface area contributed by atoms with Crippen LogP contribution in [0.15, 0.2) is 58.0 Å². The maximum absolute atomic E-state index is 13.2. The molecule has 1 amide bonds. The molecule has 0 saturated carbocycles. The molecule has 0 aliphatic rings. The SMILES string of the molecule is CN(Cc1nc2ccsc2c(=O)[nH]1)C(=O)/C(=C/c1ccc(F)cc1)c1cccs1. The predicted octanol–water partition coefficient (Wildman–Crippen LogP) is 4.38. The molecule has 0 bridgehead atoms. The minimum atomic E-state index is -0.331. The molecule has 0 atom stereocenters. The van der Waals surface area contributed by atoms with E-state index in [0.717, 1.165) is 10.4 Å². The third-order valence-corrected chi connectivity index (χ3v) is 6.10. The quantitative estimate of drug-likeness (QED) is 0.483. The topological polar surface area (TPSA) is 66.1 Å². The second-order valence-electron chi connectivity index (χ2n) is 6.40.